The van der Waals surface area contributed by atoms with Crippen LogP contribution in [0, 0.1) is 0 Å². The van der Waals surface area contributed by atoms with Crippen LogP contribution in [-0.2, 0) is 0 Å². The van der Waals surface area contributed by atoms with E-state index in [-0.39, 0.29) is 0 Å². The lowest BCUT2D eigenvalue weighted by Crippen LogP contribution is -2.19. The zero-order valence-corrected chi connectivity index (χ0v) is 15.9. The van der Waals surface area contributed by atoms with Gasteiger partial charge in [0.05, 0.1) is 5.69 Å². The van der Waals surface area contributed by atoms with Crippen molar-refractivity contribution in [3.05, 3.63) is 83.3 Å². The molecular formula is C19H15BrN2S2. The van der Waals surface area contributed by atoms with Gasteiger partial charge in [-0.3, -0.25) is 0 Å². The third-order valence-electron chi connectivity index (χ3n) is 3.21. The van der Waals surface area contributed by atoms with E-state index < -0.39 is 0 Å². The maximum Gasteiger partial charge on any atom is 0.175 e. The zero-order chi connectivity index (χ0) is 16.8. The van der Waals surface area contributed by atoms with Gasteiger partial charge in [-0.2, -0.15) is 0 Å². The Labute approximate surface area is 159 Å². The molecule has 0 saturated heterocycles. The number of benzene rings is 3. The van der Waals surface area contributed by atoms with Gasteiger partial charge in [-0.05, 0) is 60.7 Å². The van der Waals surface area contributed by atoms with Crippen LogP contribution in [0.1, 0.15) is 0 Å². The predicted octanol–water partition coefficient (Wildman–Crippen LogP) is 6.41. The number of thiocarbonyl (C=S) groups is 1. The van der Waals surface area contributed by atoms with Crippen LogP contribution in [0.2, 0.25) is 0 Å². The van der Waals surface area contributed by atoms with Crippen LogP contribution < -0.4 is 10.6 Å². The molecule has 0 radical (unpaired) electrons. The van der Waals surface area contributed by atoms with Crippen molar-refractivity contribution < 1.29 is 0 Å². The summed E-state index contributed by atoms with van der Waals surface area (Å²) >= 11 is 10.6. The van der Waals surface area contributed by atoms with Crippen LogP contribution in [-0.4, -0.2) is 5.11 Å². The molecule has 0 bridgehead atoms. The number of halogens is 1. The van der Waals surface area contributed by atoms with Crippen molar-refractivity contribution >= 4 is 56.4 Å². The summed E-state index contributed by atoms with van der Waals surface area (Å²) in [5, 5.41) is 7.05. The molecule has 24 heavy (non-hydrogen) atoms. The predicted molar refractivity (Wildman–Crippen MR) is 111 cm³/mol. The number of para-hydroxylation sites is 1. The van der Waals surface area contributed by atoms with Crippen molar-refractivity contribution in [3.63, 3.8) is 0 Å². The molecule has 0 spiro atoms. The highest BCUT2D eigenvalue weighted by atomic mass is 79.9. The minimum atomic E-state index is 0.568. The molecule has 0 aliphatic rings. The highest BCUT2D eigenvalue weighted by Crippen LogP contribution is 2.33. The standard InChI is InChI=1S/C19H15BrN2S2/c20-14-10-12-15(13-11-14)21-19(23)22-17-8-4-5-9-18(17)24-16-6-2-1-3-7-16/h1-13H,(H2,21,22,23). The number of rotatable bonds is 4. The van der Waals surface area contributed by atoms with Crippen LogP contribution in [0.3, 0.4) is 0 Å². The molecule has 2 N–H and O–H groups in total. The van der Waals surface area contributed by atoms with Gasteiger partial charge in [0.2, 0.25) is 0 Å². The van der Waals surface area contributed by atoms with E-state index >= 15 is 0 Å². The molecular weight excluding hydrogens is 400 g/mol. The number of anilines is 2. The maximum atomic E-state index is 5.43. The molecule has 3 rings (SSSR count). The zero-order valence-electron chi connectivity index (χ0n) is 12.7. The summed E-state index contributed by atoms with van der Waals surface area (Å²) in [7, 11) is 0. The topological polar surface area (TPSA) is 24.1 Å². The normalized spacial score (nSPS) is 10.2. The third-order valence-corrected chi connectivity index (χ3v) is 5.02. The molecule has 0 saturated carbocycles. The van der Waals surface area contributed by atoms with E-state index in [0.717, 1.165) is 20.7 Å². The van der Waals surface area contributed by atoms with Gasteiger partial charge >= 0.3 is 0 Å². The van der Waals surface area contributed by atoms with E-state index in [0.29, 0.717) is 5.11 Å². The van der Waals surface area contributed by atoms with E-state index in [1.54, 1.807) is 11.8 Å². The van der Waals surface area contributed by atoms with Gasteiger partial charge in [0.25, 0.3) is 0 Å². The van der Waals surface area contributed by atoms with Crippen LogP contribution in [0.4, 0.5) is 11.4 Å². The van der Waals surface area contributed by atoms with Gasteiger partial charge in [-0.25, -0.2) is 0 Å². The maximum absolute atomic E-state index is 5.43. The minimum Gasteiger partial charge on any atom is -0.332 e. The third kappa shape index (κ3) is 4.84. The van der Waals surface area contributed by atoms with E-state index in [1.165, 1.54) is 4.90 Å². The van der Waals surface area contributed by atoms with Gasteiger partial charge < -0.3 is 10.6 Å². The second-order valence-corrected chi connectivity index (χ2v) is 7.44. The van der Waals surface area contributed by atoms with Crippen molar-refractivity contribution in [2.24, 2.45) is 0 Å². The Bertz CT molecular complexity index is 820. The largest absolute Gasteiger partial charge is 0.332 e. The van der Waals surface area contributed by atoms with Gasteiger partial charge in [-0.15, -0.1) is 0 Å². The molecule has 0 aliphatic heterocycles. The minimum absolute atomic E-state index is 0.568. The molecule has 0 heterocycles. The first kappa shape index (κ1) is 17.0. The Morgan fingerprint density at radius 1 is 0.792 bits per heavy atom. The Hall–Kier alpha value is -1.82. The molecule has 0 amide bonds. The monoisotopic (exact) mass is 414 g/mol. The molecule has 0 aromatic heterocycles. The summed E-state index contributed by atoms with van der Waals surface area (Å²) in [6, 6.07) is 26.3. The molecule has 0 fully saturated rings. The van der Waals surface area contributed by atoms with Crippen LogP contribution in [0.5, 0.6) is 0 Å². The Morgan fingerprint density at radius 3 is 2.21 bits per heavy atom. The van der Waals surface area contributed by atoms with Crippen LogP contribution >= 0.6 is 39.9 Å². The highest BCUT2D eigenvalue weighted by molar-refractivity contribution is 9.10. The lowest BCUT2D eigenvalue weighted by Gasteiger charge is -2.14. The fourth-order valence-corrected chi connectivity index (χ4v) is 3.51. The van der Waals surface area contributed by atoms with Gasteiger partial charge in [0.1, 0.15) is 0 Å². The van der Waals surface area contributed by atoms with Crippen molar-refractivity contribution in [1.82, 2.24) is 0 Å². The fourth-order valence-electron chi connectivity index (χ4n) is 2.09. The Kier molecular flexibility index (Phi) is 5.91. The summed E-state index contributed by atoms with van der Waals surface area (Å²) in [6.45, 7) is 0. The van der Waals surface area contributed by atoms with E-state index in [2.05, 4.69) is 44.8 Å². The number of hydrogen-bond donors (Lipinski definition) is 2. The van der Waals surface area contributed by atoms with Crippen LogP contribution in [0.15, 0.2) is 93.1 Å². The molecule has 5 heteroatoms. The summed E-state index contributed by atoms with van der Waals surface area (Å²) in [4.78, 5) is 2.32. The summed E-state index contributed by atoms with van der Waals surface area (Å²) in [5.74, 6) is 0. The second kappa shape index (κ2) is 8.33. The highest BCUT2D eigenvalue weighted by Gasteiger charge is 2.06. The van der Waals surface area contributed by atoms with Crippen molar-refractivity contribution in [2.75, 3.05) is 10.6 Å². The molecule has 3 aromatic rings. The average Bonchev–Trinajstić information content (AvgIpc) is 2.60. The summed E-state index contributed by atoms with van der Waals surface area (Å²) in [5.41, 5.74) is 1.94. The first-order valence-electron chi connectivity index (χ1n) is 7.36. The summed E-state index contributed by atoms with van der Waals surface area (Å²) in [6.07, 6.45) is 0. The lowest BCUT2D eigenvalue weighted by molar-refractivity contribution is 1.40. The Morgan fingerprint density at radius 2 is 1.46 bits per heavy atom. The molecule has 120 valence electrons. The van der Waals surface area contributed by atoms with Crippen LogP contribution in [0.25, 0.3) is 0 Å². The summed E-state index contributed by atoms with van der Waals surface area (Å²) < 4.78 is 1.04. The average molecular weight is 415 g/mol. The first-order valence-corrected chi connectivity index (χ1v) is 9.38. The molecule has 0 atom stereocenters. The van der Waals surface area contributed by atoms with Gasteiger partial charge in [-0.1, -0.05) is 58.0 Å². The van der Waals surface area contributed by atoms with E-state index in [1.807, 2.05) is 60.7 Å². The molecule has 0 unspecified atom stereocenters. The van der Waals surface area contributed by atoms with E-state index in [4.69, 9.17) is 12.2 Å². The first-order chi connectivity index (χ1) is 11.7. The number of hydrogen-bond acceptors (Lipinski definition) is 2. The second-order valence-electron chi connectivity index (χ2n) is 5.00. The smallest absolute Gasteiger partial charge is 0.175 e. The molecule has 0 aliphatic carbocycles. The lowest BCUT2D eigenvalue weighted by atomic mass is 10.3. The van der Waals surface area contributed by atoms with E-state index in [9.17, 15) is 0 Å². The number of nitrogens with one attached hydrogen (secondary N) is 2. The SMILES string of the molecule is S=C(Nc1ccc(Br)cc1)Nc1ccccc1Sc1ccccc1. The van der Waals surface area contributed by atoms with Crippen molar-refractivity contribution in [1.29, 1.82) is 0 Å². The Balaban J connectivity index is 1.70. The molecule has 2 nitrogen and oxygen atoms in total. The molecule has 3 aromatic carbocycles. The fraction of sp³-hybridized carbons (Fsp3) is 0. The quantitative estimate of drug-likeness (QED) is 0.481. The van der Waals surface area contributed by atoms with Gasteiger partial charge in [0, 0.05) is 20.0 Å². The van der Waals surface area contributed by atoms with Crippen molar-refractivity contribution in [3.8, 4) is 0 Å². The van der Waals surface area contributed by atoms with Crippen molar-refractivity contribution in [2.45, 2.75) is 9.79 Å². The van der Waals surface area contributed by atoms with Gasteiger partial charge in [0.15, 0.2) is 5.11 Å².